The molecule has 0 bridgehead atoms. The third-order valence-electron chi connectivity index (χ3n) is 1.14. The predicted octanol–water partition coefficient (Wildman–Crippen LogP) is -0.416. The van der Waals surface area contributed by atoms with Gasteiger partial charge >= 0.3 is 12.0 Å². The molecule has 0 aliphatic rings. The van der Waals surface area contributed by atoms with Crippen LogP contribution in [0.4, 0.5) is 13.6 Å². The van der Waals surface area contributed by atoms with E-state index in [9.17, 15) is 18.4 Å². The summed E-state index contributed by atoms with van der Waals surface area (Å²) in [6, 6.07) is -0.776. The maximum absolute atomic E-state index is 11.6. The van der Waals surface area contributed by atoms with Crippen molar-refractivity contribution in [3.63, 3.8) is 0 Å². The van der Waals surface area contributed by atoms with Gasteiger partial charge in [-0.3, -0.25) is 4.84 Å². The summed E-state index contributed by atoms with van der Waals surface area (Å²) in [5.41, 5.74) is 1.78. The Kier molecular flexibility index (Phi) is 7.98. The number of halogens is 2. The van der Waals surface area contributed by atoms with E-state index < -0.39 is 31.6 Å². The van der Waals surface area contributed by atoms with Gasteiger partial charge in [-0.15, -0.1) is 0 Å². The number of alkyl halides is 2. The molecular weight excluding hydrogens is 230 g/mol. The van der Waals surface area contributed by atoms with Crippen LogP contribution in [0.1, 0.15) is 0 Å². The Balaban J connectivity index is 3.27. The third kappa shape index (κ3) is 10.6. The summed E-state index contributed by atoms with van der Waals surface area (Å²) in [5, 5.41) is 10.3. The second kappa shape index (κ2) is 8.80. The van der Waals surface area contributed by atoms with E-state index in [1.54, 1.807) is 5.48 Å². The summed E-state index contributed by atoms with van der Waals surface area (Å²) in [6.45, 7) is -1.43. The summed E-state index contributed by atoms with van der Waals surface area (Å²) >= 11 is 0. The molecular formula is C7H12F2N2O5. The monoisotopic (exact) mass is 242 g/mol. The van der Waals surface area contributed by atoms with Crippen molar-refractivity contribution < 1.29 is 33.1 Å². The lowest BCUT2D eigenvalue weighted by molar-refractivity contribution is -0.144. The molecule has 9 heteroatoms. The second-order valence-corrected chi connectivity index (χ2v) is 2.51. The zero-order valence-corrected chi connectivity index (χ0v) is 8.24. The van der Waals surface area contributed by atoms with E-state index in [1.807, 2.05) is 0 Å². The largest absolute Gasteiger partial charge is 0.479 e. The smallest absolute Gasteiger partial charge is 0.338 e. The number of aliphatic carboxylic acids is 1. The van der Waals surface area contributed by atoms with Crippen LogP contribution < -0.4 is 10.8 Å². The minimum absolute atomic E-state index is 0.00891. The van der Waals surface area contributed by atoms with Gasteiger partial charge in [-0.2, -0.15) is 0 Å². The lowest BCUT2D eigenvalue weighted by Crippen LogP contribution is -2.38. The molecule has 0 aliphatic heterocycles. The summed E-state index contributed by atoms with van der Waals surface area (Å²) < 4.78 is 27.6. The molecule has 0 saturated heterocycles. The predicted molar refractivity (Wildman–Crippen MR) is 46.9 cm³/mol. The van der Waals surface area contributed by atoms with Crippen molar-refractivity contribution in [1.29, 1.82) is 0 Å². The number of hydroxylamine groups is 1. The van der Waals surface area contributed by atoms with Gasteiger partial charge in [-0.05, 0) is 0 Å². The molecule has 0 atom stereocenters. The Bertz CT molecular complexity index is 227. The number of ether oxygens (including phenoxy) is 1. The Morgan fingerprint density at radius 2 is 2.06 bits per heavy atom. The number of nitrogens with one attached hydrogen (secondary N) is 2. The minimum atomic E-state index is -2.55. The SMILES string of the molecule is O=C(O)CONC(=O)NCCOCC(F)F. The van der Waals surface area contributed by atoms with Crippen molar-refractivity contribution in [2.24, 2.45) is 0 Å². The molecule has 0 fully saturated rings. The highest BCUT2D eigenvalue weighted by Crippen LogP contribution is 1.91. The molecule has 0 radical (unpaired) electrons. The quantitative estimate of drug-likeness (QED) is 0.397. The van der Waals surface area contributed by atoms with E-state index in [1.165, 1.54) is 0 Å². The van der Waals surface area contributed by atoms with Gasteiger partial charge in [0.15, 0.2) is 6.61 Å². The Morgan fingerprint density at radius 3 is 2.62 bits per heavy atom. The Labute approximate surface area is 89.7 Å². The number of urea groups is 1. The summed E-state index contributed by atoms with van der Waals surface area (Å²) in [5.74, 6) is -1.24. The maximum Gasteiger partial charge on any atom is 0.338 e. The molecule has 0 aromatic rings. The van der Waals surface area contributed by atoms with E-state index in [0.29, 0.717) is 0 Å². The van der Waals surface area contributed by atoms with Crippen LogP contribution in [-0.4, -0.2) is 49.9 Å². The van der Waals surface area contributed by atoms with E-state index in [0.717, 1.165) is 0 Å². The Morgan fingerprint density at radius 1 is 1.38 bits per heavy atom. The van der Waals surface area contributed by atoms with Crippen molar-refractivity contribution >= 4 is 12.0 Å². The van der Waals surface area contributed by atoms with E-state index in [2.05, 4.69) is 14.9 Å². The van der Waals surface area contributed by atoms with Gasteiger partial charge in [0.05, 0.1) is 6.61 Å². The molecule has 3 N–H and O–H groups in total. The summed E-state index contributed by atoms with van der Waals surface area (Å²) in [4.78, 5) is 25.0. The van der Waals surface area contributed by atoms with E-state index in [-0.39, 0.29) is 13.2 Å². The molecule has 0 aromatic heterocycles. The maximum atomic E-state index is 11.6. The number of amides is 2. The first kappa shape index (κ1) is 14.5. The molecule has 0 unspecified atom stereocenters. The van der Waals surface area contributed by atoms with Crippen LogP contribution in [0.5, 0.6) is 0 Å². The number of rotatable bonds is 8. The number of hydrogen-bond acceptors (Lipinski definition) is 4. The first-order valence-corrected chi connectivity index (χ1v) is 4.25. The molecule has 0 saturated carbocycles. The minimum Gasteiger partial charge on any atom is -0.479 e. The summed E-state index contributed by atoms with van der Waals surface area (Å²) in [6.07, 6.45) is -2.55. The van der Waals surface area contributed by atoms with Crippen molar-refractivity contribution in [2.75, 3.05) is 26.4 Å². The fourth-order valence-electron chi connectivity index (χ4n) is 0.609. The third-order valence-corrected chi connectivity index (χ3v) is 1.14. The average Bonchev–Trinajstić information content (AvgIpc) is 2.16. The van der Waals surface area contributed by atoms with Gasteiger partial charge in [0, 0.05) is 6.54 Å². The van der Waals surface area contributed by atoms with Gasteiger partial charge < -0.3 is 15.2 Å². The van der Waals surface area contributed by atoms with Crippen molar-refractivity contribution in [2.45, 2.75) is 6.43 Å². The molecule has 7 nitrogen and oxygen atoms in total. The number of carboxylic acids is 1. The number of carbonyl (C=O) groups is 2. The highest BCUT2D eigenvalue weighted by atomic mass is 19.3. The topological polar surface area (TPSA) is 96.9 Å². The van der Waals surface area contributed by atoms with Crippen molar-refractivity contribution in [1.82, 2.24) is 10.8 Å². The Hall–Kier alpha value is -1.48. The average molecular weight is 242 g/mol. The van der Waals surface area contributed by atoms with Crippen LogP contribution >= 0.6 is 0 Å². The molecule has 0 heterocycles. The normalized spacial score (nSPS) is 10.2. The zero-order chi connectivity index (χ0) is 12.4. The highest BCUT2D eigenvalue weighted by Gasteiger charge is 2.03. The molecule has 16 heavy (non-hydrogen) atoms. The van der Waals surface area contributed by atoms with Crippen LogP contribution in [0.15, 0.2) is 0 Å². The van der Waals surface area contributed by atoms with Gasteiger partial charge in [-0.1, -0.05) is 0 Å². The molecule has 0 aromatic carbocycles. The van der Waals surface area contributed by atoms with Gasteiger partial charge in [-0.25, -0.2) is 23.9 Å². The fraction of sp³-hybridized carbons (Fsp3) is 0.714. The molecule has 0 rings (SSSR count). The van der Waals surface area contributed by atoms with E-state index in [4.69, 9.17) is 5.11 Å². The van der Waals surface area contributed by atoms with Crippen LogP contribution in [0, 0.1) is 0 Å². The fourth-order valence-corrected chi connectivity index (χ4v) is 0.609. The highest BCUT2D eigenvalue weighted by molar-refractivity contribution is 5.73. The van der Waals surface area contributed by atoms with Crippen LogP contribution in [0.3, 0.4) is 0 Å². The number of hydrogen-bond donors (Lipinski definition) is 3. The lowest BCUT2D eigenvalue weighted by atomic mass is 10.6. The first-order valence-electron chi connectivity index (χ1n) is 4.25. The van der Waals surface area contributed by atoms with E-state index >= 15 is 0 Å². The molecule has 0 aliphatic carbocycles. The first-order chi connectivity index (χ1) is 7.52. The summed E-state index contributed by atoms with van der Waals surface area (Å²) in [7, 11) is 0. The number of carbonyl (C=O) groups excluding carboxylic acids is 1. The lowest BCUT2D eigenvalue weighted by Gasteiger charge is -2.06. The molecule has 0 spiro atoms. The molecule has 2 amide bonds. The zero-order valence-electron chi connectivity index (χ0n) is 8.24. The van der Waals surface area contributed by atoms with Gasteiger partial charge in [0.2, 0.25) is 0 Å². The number of carboxylic acid groups (broad SMARTS) is 1. The van der Waals surface area contributed by atoms with Crippen LogP contribution in [0.2, 0.25) is 0 Å². The van der Waals surface area contributed by atoms with Crippen LogP contribution in [-0.2, 0) is 14.4 Å². The second-order valence-electron chi connectivity index (χ2n) is 2.51. The van der Waals surface area contributed by atoms with Gasteiger partial charge in [0.1, 0.15) is 6.61 Å². The van der Waals surface area contributed by atoms with Gasteiger partial charge in [0.25, 0.3) is 6.43 Å². The van der Waals surface area contributed by atoms with Crippen LogP contribution in [0.25, 0.3) is 0 Å². The van der Waals surface area contributed by atoms with Crippen molar-refractivity contribution in [3.8, 4) is 0 Å². The standard InChI is InChI=1S/C7H12F2N2O5/c8-5(9)3-15-2-1-10-7(14)11-16-4-6(12)13/h5H,1-4H2,(H,12,13)(H2,10,11,14). The molecule has 94 valence electrons. The van der Waals surface area contributed by atoms with Crippen molar-refractivity contribution in [3.05, 3.63) is 0 Å².